The molecule has 3 aromatic carbocycles. The number of ether oxygens (including phenoxy) is 2. The highest BCUT2D eigenvalue weighted by atomic mass is 16.5. The van der Waals surface area contributed by atoms with Gasteiger partial charge in [0.15, 0.2) is 11.5 Å². The Labute approximate surface area is 176 Å². The molecule has 5 heteroatoms. The third-order valence-electron chi connectivity index (χ3n) is 4.37. The van der Waals surface area contributed by atoms with Crippen LogP contribution < -0.4 is 14.8 Å². The van der Waals surface area contributed by atoms with Crippen molar-refractivity contribution in [3.05, 3.63) is 95.1 Å². The quantitative estimate of drug-likeness (QED) is 0.442. The molecule has 150 valence electrons. The van der Waals surface area contributed by atoms with Crippen LogP contribution in [-0.2, 0) is 11.4 Å². The topological polar surface area (TPSA) is 71.3 Å². The van der Waals surface area contributed by atoms with Crippen LogP contribution in [0.15, 0.2) is 78.4 Å². The van der Waals surface area contributed by atoms with Gasteiger partial charge in [-0.2, -0.15) is 5.26 Å². The molecule has 1 amide bonds. The number of amides is 1. The van der Waals surface area contributed by atoms with Gasteiger partial charge in [-0.1, -0.05) is 54.1 Å². The average molecular weight is 398 g/mol. The number of rotatable bonds is 7. The number of hydrogen-bond acceptors (Lipinski definition) is 4. The minimum atomic E-state index is -0.470. The highest BCUT2D eigenvalue weighted by molar-refractivity contribution is 6.09. The zero-order valence-electron chi connectivity index (χ0n) is 16.9. The van der Waals surface area contributed by atoms with Gasteiger partial charge in [0.1, 0.15) is 18.2 Å². The molecule has 5 nitrogen and oxygen atoms in total. The summed E-state index contributed by atoms with van der Waals surface area (Å²) in [5.74, 6) is 0.642. The molecule has 0 bridgehead atoms. The van der Waals surface area contributed by atoms with E-state index in [2.05, 4.69) is 11.4 Å². The van der Waals surface area contributed by atoms with Crippen molar-refractivity contribution in [1.82, 2.24) is 0 Å². The molecule has 0 spiro atoms. The first kappa shape index (κ1) is 20.7. The summed E-state index contributed by atoms with van der Waals surface area (Å²) < 4.78 is 11.3. The summed E-state index contributed by atoms with van der Waals surface area (Å²) in [6.07, 6.45) is 1.52. The van der Waals surface area contributed by atoms with E-state index in [-0.39, 0.29) is 5.57 Å². The summed E-state index contributed by atoms with van der Waals surface area (Å²) in [4.78, 5) is 12.4. The van der Waals surface area contributed by atoms with Gasteiger partial charge in [-0.25, -0.2) is 0 Å². The molecule has 30 heavy (non-hydrogen) atoms. The van der Waals surface area contributed by atoms with Crippen LogP contribution in [0.1, 0.15) is 16.7 Å². The van der Waals surface area contributed by atoms with Crippen molar-refractivity contribution in [2.45, 2.75) is 13.5 Å². The molecular weight excluding hydrogens is 376 g/mol. The lowest BCUT2D eigenvalue weighted by atomic mass is 10.1. The SMILES string of the molecule is COc1cc(/C=C(\C#N)C(=O)Nc2ccccc2)ccc1OCc1cccc(C)c1. The van der Waals surface area contributed by atoms with E-state index in [0.29, 0.717) is 29.4 Å². The average Bonchev–Trinajstić information content (AvgIpc) is 2.77. The molecule has 0 radical (unpaired) electrons. The molecule has 0 fully saturated rings. The van der Waals surface area contributed by atoms with Crippen molar-refractivity contribution in [2.24, 2.45) is 0 Å². The van der Waals surface area contributed by atoms with E-state index < -0.39 is 5.91 Å². The van der Waals surface area contributed by atoms with Gasteiger partial charge in [0.2, 0.25) is 0 Å². The van der Waals surface area contributed by atoms with Gasteiger partial charge in [-0.05, 0) is 48.4 Å². The fraction of sp³-hybridized carbons (Fsp3) is 0.120. The smallest absolute Gasteiger partial charge is 0.266 e. The van der Waals surface area contributed by atoms with Crippen LogP contribution >= 0.6 is 0 Å². The van der Waals surface area contributed by atoms with Crippen LogP contribution in [0.5, 0.6) is 11.5 Å². The molecule has 0 atom stereocenters. The number of benzene rings is 3. The number of hydrogen-bond donors (Lipinski definition) is 1. The van der Waals surface area contributed by atoms with Crippen molar-refractivity contribution < 1.29 is 14.3 Å². The Morgan fingerprint density at radius 1 is 1.03 bits per heavy atom. The van der Waals surface area contributed by atoms with Crippen molar-refractivity contribution >= 4 is 17.7 Å². The van der Waals surface area contributed by atoms with Gasteiger partial charge in [0.25, 0.3) is 5.91 Å². The summed E-state index contributed by atoms with van der Waals surface area (Å²) in [6.45, 7) is 2.45. The number of anilines is 1. The molecule has 0 saturated heterocycles. The molecule has 0 aromatic heterocycles. The van der Waals surface area contributed by atoms with Gasteiger partial charge >= 0.3 is 0 Å². The number of aryl methyl sites for hydroxylation is 1. The zero-order valence-corrected chi connectivity index (χ0v) is 16.9. The predicted molar refractivity (Wildman–Crippen MR) is 117 cm³/mol. The fourth-order valence-corrected chi connectivity index (χ4v) is 2.89. The number of nitriles is 1. The van der Waals surface area contributed by atoms with Gasteiger partial charge in [0.05, 0.1) is 7.11 Å². The maximum Gasteiger partial charge on any atom is 0.266 e. The minimum Gasteiger partial charge on any atom is -0.493 e. The van der Waals surface area contributed by atoms with Crippen LogP contribution in [0.3, 0.4) is 0 Å². The second-order valence-corrected chi connectivity index (χ2v) is 6.68. The number of carbonyl (C=O) groups is 1. The molecule has 0 aliphatic rings. The molecule has 0 unspecified atom stereocenters. The van der Waals surface area contributed by atoms with Gasteiger partial charge in [0, 0.05) is 5.69 Å². The number of carbonyl (C=O) groups excluding carboxylic acids is 1. The first-order valence-corrected chi connectivity index (χ1v) is 9.43. The number of methoxy groups -OCH3 is 1. The van der Waals surface area contributed by atoms with Crippen molar-refractivity contribution in [3.63, 3.8) is 0 Å². The standard InChI is InChI=1S/C25H22N2O3/c1-18-7-6-8-20(13-18)17-30-23-12-11-19(15-24(23)29-2)14-21(16-26)25(28)27-22-9-4-3-5-10-22/h3-15H,17H2,1-2H3,(H,27,28)/b21-14+. The Kier molecular flexibility index (Phi) is 6.86. The van der Waals surface area contributed by atoms with Gasteiger partial charge in [-0.3, -0.25) is 4.79 Å². The van der Waals surface area contributed by atoms with Crippen molar-refractivity contribution in [2.75, 3.05) is 12.4 Å². The van der Waals surface area contributed by atoms with E-state index in [4.69, 9.17) is 9.47 Å². The Hall–Kier alpha value is -4.04. The summed E-state index contributed by atoms with van der Waals surface area (Å²) in [5.41, 5.74) is 3.51. The highest BCUT2D eigenvalue weighted by Crippen LogP contribution is 2.30. The summed E-state index contributed by atoms with van der Waals surface area (Å²) in [5, 5.41) is 12.1. The summed E-state index contributed by atoms with van der Waals surface area (Å²) in [6, 6.07) is 24.3. The van der Waals surface area contributed by atoms with Crippen LogP contribution in [0.2, 0.25) is 0 Å². The van der Waals surface area contributed by atoms with E-state index >= 15 is 0 Å². The first-order chi connectivity index (χ1) is 14.6. The Balaban J connectivity index is 1.75. The van der Waals surface area contributed by atoms with Gasteiger partial charge in [-0.15, -0.1) is 0 Å². The maximum atomic E-state index is 12.4. The summed E-state index contributed by atoms with van der Waals surface area (Å²) >= 11 is 0. The molecule has 0 heterocycles. The molecular formula is C25H22N2O3. The third kappa shape index (κ3) is 5.49. The molecule has 0 aliphatic heterocycles. The van der Waals surface area contributed by atoms with Crippen LogP contribution in [0.4, 0.5) is 5.69 Å². The predicted octanol–water partition coefficient (Wildman–Crippen LogP) is 5.13. The van der Waals surface area contributed by atoms with Gasteiger partial charge < -0.3 is 14.8 Å². The first-order valence-electron chi connectivity index (χ1n) is 9.43. The van der Waals surface area contributed by atoms with Crippen molar-refractivity contribution in [1.29, 1.82) is 5.26 Å². The largest absolute Gasteiger partial charge is 0.493 e. The third-order valence-corrected chi connectivity index (χ3v) is 4.37. The van der Waals surface area contributed by atoms with E-state index in [9.17, 15) is 10.1 Å². The molecule has 0 aliphatic carbocycles. The Bertz CT molecular complexity index is 1100. The zero-order chi connectivity index (χ0) is 21.3. The fourth-order valence-electron chi connectivity index (χ4n) is 2.89. The maximum absolute atomic E-state index is 12.4. The molecule has 1 N–H and O–H groups in total. The minimum absolute atomic E-state index is 0.00525. The van der Waals surface area contributed by atoms with Crippen LogP contribution in [-0.4, -0.2) is 13.0 Å². The lowest BCUT2D eigenvalue weighted by molar-refractivity contribution is -0.112. The molecule has 3 rings (SSSR count). The highest BCUT2D eigenvalue weighted by Gasteiger charge is 2.11. The normalized spacial score (nSPS) is 10.8. The van der Waals surface area contributed by atoms with Crippen LogP contribution in [0, 0.1) is 18.3 Å². The Morgan fingerprint density at radius 2 is 1.83 bits per heavy atom. The van der Waals surface area contributed by atoms with E-state index in [1.807, 2.05) is 49.4 Å². The van der Waals surface area contributed by atoms with E-state index in [1.165, 1.54) is 11.6 Å². The molecule has 3 aromatic rings. The lowest BCUT2D eigenvalue weighted by Crippen LogP contribution is -2.13. The second kappa shape index (κ2) is 9.94. The number of para-hydroxylation sites is 1. The monoisotopic (exact) mass is 398 g/mol. The summed E-state index contributed by atoms with van der Waals surface area (Å²) in [7, 11) is 1.55. The van der Waals surface area contributed by atoms with E-state index in [1.54, 1.807) is 37.4 Å². The van der Waals surface area contributed by atoms with Crippen LogP contribution in [0.25, 0.3) is 6.08 Å². The lowest BCUT2D eigenvalue weighted by Gasteiger charge is -2.12. The molecule has 0 saturated carbocycles. The number of nitrogens with zero attached hydrogens (tertiary/aromatic N) is 1. The van der Waals surface area contributed by atoms with E-state index in [0.717, 1.165) is 5.56 Å². The number of nitrogens with one attached hydrogen (secondary N) is 1. The Morgan fingerprint density at radius 3 is 2.53 bits per heavy atom. The second-order valence-electron chi connectivity index (χ2n) is 6.68. The van der Waals surface area contributed by atoms with Crippen molar-refractivity contribution in [3.8, 4) is 17.6 Å².